The number of phenolic OH excluding ortho intramolecular Hbond substituents is 1. The molecule has 1 aromatic carbocycles. The van der Waals surface area contributed by atoms with Gasteiger partial charge in [-0.15, -0.1) is 0 Å². The Morgan fingerprint density at radius 2 is 2.20 bits per heavy atom. The van der Waals surface area contributed by atoms with Crippen molar-refractivity contribution in [1.29, 1.82) is 0 Å². The number of phenols is 1. The van der Waals surface area contributed by atoms with E-state index in [2.05, 4.69) is 11.1 Å². The summed E-state index contributed by atoms with van der Waals surface area (Å²) < 4.78 is 0. The number of hydrogen-bond donors (Lipinski definition) is 2. The molecule has 2 aliphatic rings. The first-order valence-corrected chi connectivity index (χ1v) is 5.70. The van der Waals surface area contributed by atoms with E-state index >= 15 is 0 Å². The van der Waals surface area contributed by atoms with Gasteiger partial charge in [0.2, 0.25) is 0 Å². The zero-order chi connectivity index (χ0) is 10.4. The molecule has 2 N–H and O–H groups in total. The number of nitrogens with zero attached hydrogens (tertiary/aromatic N) is 1. The van der Waals surface area contributed by atoms with Crippen LogP contribution in [0.1, 0.15) is 24.0 Å². The lowest BCUT2D eigenvalue weighted by atomic mass is 10.1. The Hall–Kier alpha value is -1.22. The van der Waals surface area contributed by atoms with E-state index in [9.17, 15) is 5.11 Å². The second-order valence-electron chi connectivity index (χ2n) is 4.63. The fourth-order valence-corrected chi connectivity index (χ4v) is 2.77. The highest BCUT2D eigenvalue weighted by atomic mass is 16.3. The van der Waals surface area contributed by atoms with Gasteiger partial charge in [-0.3, -0.25) is 0 Å². The van der Waals surface area contributed by atoms with Crippen LogP contribution in [-0.4, -0.2) is 18.2 Å². The lowest BCUT2D eigenvalue weighted by Gasteiger charge is -2.30. The molecule has 0 aliphatic carbocycles. The first-order valence-electron chi connectivity index (χ1n) is 5.70. The molecule has 3 heteroatoms. The van der Waals surface area contributed by atoms with Crippen molar-refractivity contribution in [3.05, 3.63) is 23.3 Å². The number of aromatic hydroxyl groups is 1. The number of hydrogen-bond acceptors (Lipinski definition) is 2. The average molecular weight is 205 g/mol. The zero-order valence-corrected chi connectivity index (χ0v) is 9.08. The van der Waals surface area contributed by atoms with Crippen molar-refractivity contribution < 1.29 is 10.1 Å². The first-order chi connectivity index (χ1) is 7.25. The van der Waals surface area contributed by atoms with Gasteiger partial charge in [0, 0.05) is 6.42 Å². The Balaban J connectivity index is 2.08. The van der Waals surface area contributed by atoms with Gasteiger partial charge in [0.05, 0.1) is 18.7 Å². The Morgan fingerprint density at radius 1 is 1.33 bits per heavy atom. The minimum Gasteiger partial charge on any atom is -0.507 e. The molecular weight excluding hydrogens is 188 g/mol. The van der Waals surface area contributed by atoms with Crippen molar-refractivity contribution in [3.63, 3.8) is 0 Å². The molecule has 1 saturated heterocycles. The van der Waals surface area contributed by atoms with Crippen molar-refractivity contribution in [1.82, 2.24) is 0 Å². The SMILES string of the molecule is Cc1cc(O)c2c(c1)N1CCCC[NH+]1C2. The van der Waals surface area contributed by atoms with Gasteiger partial charge in [-0.05, 0) is 31.0 Å². The highest BCUT2D eigenvalue weighted by Crippen LogP contribution is 2.32. The normalized spacial score (nSPS) is 23.8. The van der Waals surface area contributed by atoms with Gasteiger partial charge in [-0.25, -0.2) is 10.0 Å². The molecule has 15 heavy (non-hydrogen) atoms. The largest absolute Gasteiger partial charge is 0.507 e. The number of quaternary nitrogens is 1. The van der Waals surface area contributed by atoms with Crippen LogP contribution in [0.5, 0.6) is 5.75 Å². The Bertz CT molecular complexity index is 403. The van der Waals surface area contributed by atoms with E-state index in [0.717, 1.165) is 24.2 Å². The average Bonchev–Trinajstić information content (AvgIpc) is 2.57. The summed E-state index contributed by atoms with van der Waals surface area (Å²) in [6.45, 7) is 5.34. The number of benzene rings is 1. The molecule has 1 unspecified atom stereocenters. The van der Waals surface area contributed by atoms with E-state index < -0.39 is 0 Å². The predicted octanol–water partition coefficient (Wildman–Crippen LogP) is 0.614. The molecule has 0 saturated carbocycles. The van der Waals surface area contributed by atoms with Gasteiger partial charge >= 0.3 is 0 Å². The molecule has 1 fully saturated rings. The van der Waals surface area contributed by atoms with Gasteiger partial charge in [0.25, 0.3) is 0 Å². The molecule has 2 aliphatic heterocycles. The summed E-state index contributed by atoms with van der Waals surface area (Å²) in [4.78, 5) is 0. The van der Waals surface area contributed by atoms with Gasteiger partial charge in [0.15, 0.2) is 0 Å². The standard InChI is InChI=1S/C12H16N2O/c1-9-6-11-10(12(15)7-9)8-13-4-2-3-5-14(11)13/h6-7,15H,2-5,8H2,1H3/p+1. The highest BCUT2D eigenvalue weighted by molar-refractivity contribution is 5.60. The van der Waals surface area contributed by atoms with E-state index in [4.69, 9.17) is 0 Å². The van der Waals surface area contributed by atoms with Crippen molar-refractivity contribution in [2.75, 3.05) is 18.1 Å². The summed E-state index contributed by atoms with van der Waals surface area (Å²) in [7, 11) is 0. The smallest absolute Gasteiger partial charge is 0.131 e. The molecule has 80 valence electrons. The summed E-state index contributed by atoms with van der Waals surface area (Å²) in [6.07, 6.45) is 2.58. The van der Waals surface area contributed by atoms with E-state index in [1.54, 1.807) is 0 Å². The summed E-state index contributed by atoms with van der Waals surface area (Å²) in [6, 6.07) is 4.07. The van der Waals surface area contributed by atoms with Crippen LogP contribution in [0, 0.1) is 6.92 Å². The topological polar surface area (TPSA) is 27.9 Å². The maximum atomic E-state index is 9.92. The first kappa shape index (κ1) is 9.04. The molecule has 0 amide bonds. The monoisotopic (exact) mass is 205 g/mol. The number of nitrogens with one attached hydrogen (secondary N) is 1. The fourth-order valence-electron chi connectivity index (χ4n) is 2.77. The fraction of sp³-hybridized carbons (Fsp3) is 0.500. The van der Waals surface area contributed by atoms with Crippen LogP contribution < -0.4 is 10.0 Å². The predicted molar refractivity (Wildman–Crippen MR) is 59.0 cm³/mol. The second kappa shape index (κ2) is 3.14. The van der Waals surface area contributed by atoms with E-state index in [-0.39, 0.29) is 0 Å². The second-order valence-corrected chi connectivity index (χ2v) is 4.63. The molecule has 3 nitrogen and oxygen atoms in total. The number of aryl methyl sites for hydroxylation is 1. The number of anilines is 1. The van der Waals surface area contributed by atoms with Crippen LogP contribution in [0.25, 0.3) is 0 Å². The maximum absolute atomic E-state index is 9.92. The summed E-state index contributed by atoms with van der Waals surface area (Å²) in [5, 5.41) is 13.8. The van der Waals surface area contributed by atoms with Crippen LogP contribution in [0.4, 0.5) is 5.69 Å². The summed E-state index contributed by atoms with van der Waals surface area (Å²) in [5.41, 5.74) is 3.54. The van der Waals surface area contributed by atoms with Crippen LogP contribution >= 0.6 is 0 Å². The maximum Gasteiger partial charge on any atom is 0.131 e. The molecule has 1 atom stereocenters. The minimum atomic E-state index is 0.479. The molecule has 3 rings (SSSR count). The van der Waals surface area contributed by atoms with Crippen LogP contribution in [-0.2, 0) is 6.54 Å². The van der Waals surface area contributed by atoms with E-state index in [0.29, 0.717) is 5.75 Å². The number of fused-ring (bicyclic) bond motifs is 3. The number of rotatable bonds is 0. The minimum absolute atomic E-state index is 0.479. The van der Waals surface area contributed by atoms with Crippen LogP contribution in [0.3, 0.4) is 0 Å². The van der Waals surface area contributed by atoms with E-state index in [1.165, 1.54) is 30.1 Å². The summed E-state index contributed by atoms with van der Waals surface area (Å²) in [5.74, 6) is 0.479. The van der Waals surface area contributed by atoms with Crippen LogP contribution in [0.2, 0.25) is 0 Å². The Morgan fingerprint density at radius 3 is 3.07 bits per heavy atom. The van der Waals surface area contributed by atoms with Crippen molar-refractivity contribution in [2.24, 2.45) is 0 Å². The zero-order valence-electron chi connectivity index (χ0n) is 9.08. The van der Waals surface area contributed by atoms with Gasteiger partial charge in [-0.1, -0.05) is 0 Å². The van der Waals surface area contributed by atoms with Crippen molar-refractivity contribution >= 4 is 5.69 Å². The molecule has 0 bridgehead atoms. The van der Waals surface area contributed by atoms with Crippen molar-refractivity contribution in [2.45, 2.75) is 26.3 Å². The Kier molecular flexibility index (Phi) is 1.89. The quantitative estimate of drug-likeness (QED) is 0.649. The third-order valence-electron chi connectivity index (χ3n) is 3.50. The summed E-state index contributed by atoms with van der Waals surface area (Å²) >= 11 is 0. The molecule has 0 aromatic heterocycles. The third kappa shape index (κ3) is 1.30. The molecule has 2 heterocycles. The molecule has 1 aromatic rings. The van der Waals surface area contributed by atoms with E-state index in [1.807, 2.05) is 13.0 Å². The lowest BCUT2D eigenvalue weighted by Crippen LogP contribution is -3.17. The van der Waals surface area contributed by atoms with Gasteiger partial charge in [-0.2, -0.15) is 0 Å². The molecule has 0 spiro atoms. The van der Waals surface area contributed by atoms with Crippen LogP contribution in [0.15, 0.2) is 12.1 Å². The third-order valence-corrected chi connectivity index (χ3v) is 3.50. The molecular formula is C12H17N2O+. The Labute approximate surface area is 89.9 Å². The van der Waals surface area contributed by atoms with Gasteiger partial charge in [0.1, 0.15) is 18.0 Å². The lowest BCUT2D eigenvalue weighted by molar-refractivity contribution is -0.920. The van der Waals surface area contributed by atoms with Crippen molar-refractivity contribution in [3.8, 4) is 5.75 Å². The highest BCUT2D eigenvalue weighted by Gasteiger charge is 2.35. The molecule has 0 radical (unpaired) electrons. The van der Waals surface area contributed by atoms with Gasteiger partial charge < -0.3 is 5.11 Å².